The Morgan fingerprint density at radius 2 is 1.87 bits per heavy atom. The van der Waals surface area contributed by atoms with E-state index in [0.29, 0.717) is 32.3 Å². The van der Waals surface area contributed by atoms with Crippen LogP contribution in [0.5, 0.6) is 0 Å². The lowest BCUT2D eigenvalue weighted by atomic mass is 9.85. The van der Waals surface area contributed by atoms with Gasteiger partial charge in [-0.15, -0.1) is 0 Å². The normalized spacial score (nSPS) is 24.0. The van der Waals surface area contributed by atoms with E-state index in [9.17, 15) is 19.5 Å². The van der Waals surface area contributed by atoms with Gasteiger partial charge in [-0.2, -0.15) is 0 Å². The molecule has 1 rings (SSSR count). The predicted molar refractivity (Wildman–Crippen MR) is 86.9 cm³/mol. The Kier molecular flexibility index (Phi) is 9.07. The third kappa shape index (κ3) is 6.81. The quantitative estimate of drug-likeness (QED) is 0.466. The van der Waals surface area contributed by atoms with E-state index in [4.69, 9.17) is 4.74 Å². The van der Waals surface area contributed by atoms with Crippen molar-refractivity contribution in [3.63, 3.8) is 0 Å². The molecule has 1 saturated carbocycles. The van der Waals surface area contributed by atoms with Gasteiger partial charge in [-0.3, -0.25) is 14.4 Å². The highest BCUT2D eigenvalue weighted by Crippen LogP contribution is 2.36. The molecular weight excluding hydrogens is 296 g/mol. The molecule has 132 valence electrons. The molecular formula is C18H30O5. The van der Waals surface area contributed by atoms with E-state index in [1.165, 1.54) is 0 Å². The predicted octanol–water partition coefficient (Wildman–Crippen LogP) is 2.83. The van der Waals surface area contributed by atoms with E-state index >= 15 is 0 Å². The number of carbonyl (C=O) groups is 3. The van der Waals surface area contributed by atoms with Crippen molar-refractivity contribution in [1.29, 1.82) is 0 Å². The molecule has 0 heterocycles. The first kappa shape index (κ1) is 19.8. The van der Waals surface area contributed by atoms with Crippen LogP contribution in [0.3, 0.4) is 0 Å². The molecule has 0 radical (unpaired) electrons. The lowest BCUT2D eigenvalue weighted by molar-refractivity contribution is -0.143. The lowest BCUT2D eigenvalue weighted by Gasteiger charge is -2.20. The Bertz CT molecular complexity index is 404. The number of rotatable bonds is 11. The number of hydrogen-bond acceptors (Lipinski definition) is 5. The summed E-state index contributed by atoms with van der Waals surface area (Å²) in [4.78, 5) is 35.4. The van der Waals surface area contributed by atoms with Gasteiger partial charge in [0.1, 0.15) is 11.6 Å². The van der Waals surface area contributed by atoms with Crippen molar-refractivity contribution in [3.8, 4) is 0 Å². The van der Waals surface area contributed by atoms with Crippen LogP contribution in [0.2, 0.25) is 0 Å². The number of esters is 1. The second-order valence-electron chi connectivity index (χ2n) is 6.39. The van der Waals surface area contributed by atoms with Gasteiger partial charge in [-0.25, -0.2) is 0 Å². The Balaban J connectivity index is 2.44. The molecule has 0 aromatic heterocycles. The zero-order chi connectivity index (χ0) is 17.2. The van der Waals surface area contributed by atoms with Gasteiger partial charge in [-0.1, -0.05) is 19.8 Å². The minimum atomic E-state index is -0.682. The number of carbonyl (C=O) groups excluding carboxylic acids is 3. The Morgan fingerprint density at radius 3 is 2.52 bits per heavy atom. The molecule has 1 fully saturated rings. The van der Waals surface area contributed by atoms with Crippen molar-refractivity contribution in [3.05, 3.63) is 0 Å². The second kappa shape index (κ2) is 10.5. The van der Waals surface area contributed by atoms with Crippen molar-refractivity contribution < 1.29 is 24.2 Å². The summed E-state index contributed by atoms with van der Waals surface area (Å²) in [5.41, 5.74) is 0. The van der Waals surface area contributed by atoms with Crippen LogP contribution < -0.4 is 0 Å². The van der Waals surface area contributed by atoms with Gasteiger partial charge >= 0.3 is 5.97 Å². The van der Waals surface area contributed by atoms with E-state index < -0.39 is 6.10 Å². The molecule has 0 amide bonds. The number of unbranched alkanes of at least 4 members (excludes halogenated alkanes) is 2. The summed E-state index contributed by atoms with van der Waals surface area (Å²) in [6, 6.07) is 0. The summed E-state index contributed by atoms with van der Waals surface area (Å²) < 4.78 is 4.89. The molecule has 1 N–H and O–H groups in total. The van der Waals surface area contributed by atoms with Crippen LogP contribution in [0.4, 0.5) is 0 Å². The molecule has 1 aliphatic carbocycles. The van der Waals surface area contributed by atoms with Crippen molar-refractivity contribution in [2.24, 2.45) is 11.8 Å². The van der Waals surface area contributed by atoms with Gasteiger partial charge in [0.05, 0.1) is 12.7 Å². The number of aliphatic hydroxyl groups excluding tert-OH is 1. The van der Waals surface area contributed by atoms with E-state index in [1.807, 2.05) is 0 Å². The smallest absolute Gasteiger partial charge is 0.305 e. The fourth-order valence-corrected chi connectivity index (χ4v) is 3.32. The van der Waals surface area contributed by atoms with Crippen LogP contribution in [0.1, 0.15) is 71.6 Å². The number of aliphatic hydroxyl groups is 1. The number of ether oxygens (including phenoxy) is 1. The highest BCUT2D eigenvalue weighted by atomic mass is 16.5. The third-order valence-corrected chi connectivity index (χ3v) is 4.62. The fraction of sp³-hybridized carbons (Fsp3) is 0.833. The molecule has 5 nitrogen and oxygen atoms in total. The number of hydrogen-bond donors (Lipinski definition) is 1. The first-order chi connectivity index (χ1) is 11.0. The molecule has 0 spiro atoms. The lowest BCUT2D eigenvalue weighted by Crippen LogP contribution is -2.22. The molecule has 3 unspecified atom stereocenters. The van der Waals surface area contributed by atoms with Gasteiger partial charge < -0.3 is 9.84 Å². The molecule has 0 aromatic carbocycles. The maximum Gasteiger partial charge on any atom is 0.305 e. The van der Waals surface area contributed by atoms with Crippen LogP contribution in [0, 0.1) is 11.8 Å². The molecule has 0 bridgehead atoms. The average molecular weight is 326 g/mol. The molecule has 3 atom stereocenters. The largest absolute Gasteiger partial charge is 0.466 e. The maximum atomic E-state index is 12.0. The highest BCUT2D eigenvalue weighted by Gasteiger charge is 2.41. The average Bonchev–Trinajstić information content (AvgIpc) is 2.77. The van der Waals surface area contributed by atoms with Crippen molar-refractivity contribution in [1.82, 2.24) is 0 Å². The zero-order valence-corrected chi connectivity index (χ0v) is 14.4. The van der Waals surface area contributed by atoms with Crippen molar-refractivity contribution in [2.75, 3.05) is 6.61 Å². The van der Waals surface area contributed by atoms with E-state index in [0.717, 1.165) is 19.3 Å². The second-order valence-corrected chi connectivity index (χ2v) is 6.39. The van der Waals surface area contributed by atoms with Gasteiger partial charge in [0.25, 0.3) is 0 Å². The summed E-state index contributed by atoms with van der Waals surface area (Å²) in [6.07, 6.45) is 4.63. The molecule has 1 aliphatic rings. The summed E-state index contributed by atoms with van der Waals surface area (Å²) in [7, 11) is 0. The minimum absolute atomic E-state index is 0.00484. The van der Waals surface area contributed by atoms with Crippen LogP contribution in [-0.4, -0.2) is 35.4 Å². The van der Waals surface area contributed by atoms with Crippen LogP contribution >= 0.6 is 0 Å². The van der Waals surface area contributed by atoms with Crippen molar-refractivity contribution in [2.45, 2.75) is 77.7 Å². The fourth-order valence-electron chi connectivity index (χ4n) is 3.32. The Morgan fingerprint density at radius 1 is 1.13 bits per heavy atom. The summed E-state index contributed by atoms with van der Waals surface area (Å²) in [6.45, 7) is 4.17. The van der Waals surface area contributed by atoms with Crippen LogP contribution in [0.15, 0.2) is 0 Å². The first-order valence-electron chi connectivity index (χ1n) is 8.87. The highest BCUT2D eigenvalue weighted by molar-refractivity contribution is 5.85. The molecule has 0 aliphatic heterocycles. The summed E-state index contributed by atoms with van der Waals surface area (Å²) in [5.74, 6) is -0.625. The number of ketones is 2. The van der Waals surface area contributed by atoms with Gasteiger partial charge in [0.2, 0.25) is 0 Å². The standard InChI is InChI=1S/C18H30O5/c1-3-5-6-7-13(19)8-9-14-15(17(21)12-16(14)20)10-11-18(22)23-4-2/h14-16,20H,3-12H2,1-2H3. The molecule has 23 heavy (non-hydrogen) atoms. The SMILES string of the molecule is CCCCCC(=O)CCC1C(O)CC(=O)C1CCC(=O)OCC. The molecule has 0 aromatic rings. The third-order valence-electron chi connectivity index (χ3n) is 4.62. The summed E-state index contributed by atoms with van der Waals surface area (Å²) in [5, 5.41) is 10.1. The van der Waals surface area contributed by atoms with Crippen molar-refractivity contribution >= 4 is 17.5 Å². The van der Waals surface area contributed by atoms with Crippen LogP contribution in [-0.2, 0) is 19.1 Å². The van der Waals surface area contributed by atoms with Crippen LogP contribution in [0.25, 0.3) is 0 Å². The minimum Gasteiger partial charge on any atom is -0.466 e. The first-order valence-corrected chi connectivity index (χ1v) is 8.87. The Hall–Kier alpha value is -1.23. The Labute approximate surface area is 138 Å². The van der Waals surface area contributed by atoms with Gasteiger partial charge in [-0.05, 0) is 32.1 Å². The molecule has 5 heteroatoms. The van der Waals surface area contributed by atoms with Gasteiger partial charge in [0.15, 0.2) is 0 Å². The van der Waals surface area contributed by atoms with E-state index in [1.54, 1.807) is 6.92 Å². The maximum absolute atomic E-state index is 12.0. The molecule has 0 saturated heterocycles. The van der Waals surface area contributed by atoms with E-state index in [-0.39, 0.29) is 42.2 Å². The summed E-state index contributed by atoms with van der Waals surface area (Å²) >= 11 is 0. The monoisotopic (exact) mass is 326 g/mol. The number of Topliss-reactive ketones (excluding diaryl/α,β-unsaturated/α-hetero) is 2. The topological polar surface area (TPSA) is 80.7 Å². The van der Waals surface area contributed by atoms with Gasteiger partial charge in [0, 0.05) is 31.6 Å². The zero-order valence-electron chi connectivity index (χ0n) is 14.4. The van der Waals surface area contributed by atoms with E-state index in [2.05, 4.69) is 6.92 Å².